The van der Waals surface area contributed by atoms with Crippen LogP contribution in [-0.4, -0.2) is 27.4 Å². The number of nitrogens with one attached hydrogen (secondary N) is 1. The lowest BCUT2D eigenvalue weighted by Crippen LogP contribution is -2.27. The fraction of sp³-hybridized carbons (Fsp3) is 0.250. The van der Waals surface area contributed by atoms with Crippen LogP contribution in [0.25, 0.3) is 0 Å². The molecule has 0 radical (unpaired) electrons. The van der Waals surface area contributed by atoms with E-state index in [4.69, 9.17) is 5.73 Å². The zero-order valence-corrected chi connectivity index (χ0v) is 10.1. The van der Waals surface area contributed by atoms with E-state index in [2.05, 4.69) is 15.6 Å². The van der Waals surface area contributed by atoms with Gasteiger partial charge in [-0.05, 0) is 30.7 Å². The SMILES string of the molecule is Cc1cc(N)cc(C(=O)NCCn2ccnn2)c1. The summed E-state index contributed by atoms with van der Waals surface area (Å²) in [7, 11) is 0. The number of hydrogen-bond donors (Lipinski definition) is 2. The van der Waals surface area contributed by atoms with Crippen LogP contribution in [0, 0.1) is 6.92 Å². The van der Waals surface area contributed by atoms with Crippen molar-refractivity contribution in [3.63, 3.8) is 0 Å². The maximum absolute atomic E-state index is 11.9. The van der Waals surface area contributed by atoms with Crippen molar-refractivity contribution in [1.82, 2.24) is 20.3 Å². The molecule has 2 aromatic rings. The van der Waals surface area contributed by atoms with Gasteiger partial charge in [-0.1, -0.05) is 5.21 Å². The first-order valence-electron chi connectivity index (χ1n) is 5.64. The molecule has 0 atom stereocenters. The number of amides is 1. The van der Waals surface area contributed by atoms with Crippen molar-refractivity contribution in [3.05, 3.63) is 41.7 Å². The van der Waals surface area contributed by atoms with Gasteiger partial charge in [-0.3, -0.25) is 9.48 Å². The van der Waals surface area contributed by atoms with Gasteiger partial charge in [0.2, 0.25) is 0 Å². The molecule has 0 aliphatic heterocycles. The van der Waals surface area contributed by atoms with Gasteiger partial charge >= 0.3 is 0 Å². The van der Waals surface area contributed by atoms with E-state index in [0.29, 0.717) is 24.3 Å². The van der Waals surface area contributed by atoms with Crippen LogP contribution in [0.1, 0.15) is 15.9 Å². The highest BCUT2D eigenvalue weighted by Gasteiger charge is 2.06. The lowest BCUT2D eigenvalue weighted by atomic mass is 10.1. The molecule has 0 saturated carbocycles. The van der Waals surface area contributed by atoms with Gasteiger partial charge in [-0.2, -0.15) is 0 Å². The van der Waals surface area contributed by atoms with Crippen LogP contribution in [0.4, 0.5) is 5.69 Å². The summed E-state index contributed by atoms with van der Waals surface area (Å²) < 4.78 is 1.66. The standard InChI is InChI=1S/C12H15N5O/c1-9-6-10(8-11(13)7-9)12(18)14-2-4-17-5-3-15-16-17/h3,5-8H,2,4,13H2,1H3,(H,14,18). The van der Waals surface area contributed by atoms with E-state index in [-0.39, 0.29) is 5.91 Å². The summed E-state index contributed by atoms with van der Waals surface area (Å²) in [4.78, 5) is 11.9. The first-order chi connectivity index (χ1) is 8.65. The van der Waals surface area contributed by atoms with Gasteiger partial charge in [0.05, 0.1) is 12.7 Å². The molecule has 6 heteroatoms. The zero-order valence-electron chi connectivity index (χ0n) is 10.1. The van der Waals surface area contributed by atoms with Gasteiger partial charge in [0.15, 0.2) is 0 Å². The molecule has 0 aliphatic carbocycles. The molecular weight excluding hydrogens is 230 g/mol. The molecule has 0 spiro atoms. The Hall–Kier alpha value is -2.37. The number of hydrogen-bond acceptors (Lipinski definition) is 4. The van der Waals surface area contributed by atoms with E-state index >= 15 is 0 Å². The Bertz CT molecular complexity index is 515. The largest absolute Gasteiger partial charge is 0.399 e. The summed E-state index contributed by atoms with van der Waals surface area (Å²) >= 11 is 0. The molecule has 6 nitrogen and oxygen atoms in total. The maximum atomic E-state index is 11.9. The Morgan fingerprint density at radius 2 is 2.28 bits per heavy atom. The van der Waals surface area contributed by atoms with Crippen molar-refractivity contribution in [3.8, 4) is 0 Å². The average molecular weight is 245 g/mol. The van der Waals surface area contributed by atoms with Crippen LogP contribution in [0.5, 0.6) is 0 Å². The van der Waals surface area contributed by atoms with Crippen molar-refractivity contribution in [2.45, 2.75) is 13.5 Å². The molecule has 94 valence electrons. The molecule has 18 heavy (non-hydrogen) atoms. The smallest absolute Gasteiger partial charge is 0.251 e. The lowest BCUT2D eigenvalue weighted by Gasteiger charge is -2.06. The Balaban J connectivity index is 1.91. The van der Waals surface area contributed by atoms with Crippen molar-refractivity contribution < 1.29 is 4.79 Å². The van der Waals surface area contributed by atoms with Gasteiger partial charge in [0, 0.05) is 24.0 Å². The van der Waals surface area contributed by atoms with Gasteiger partial charge in [0.1, 0.15) is 0 Å². The molecule has 1 heterocycles. The third-order valence-electron chi connectivity index (χ3n) is 2.46. The number of anilines is 1. The van der Waals surface area contributed by atoms with Gasteiger partial charge < -0.3 is 11.1 Å². The number of benzene rings is 1. The average Bonchev–Trinajstić information content (AvgIpc) is 2.80. The number of aryl methyl sites for hydroxylation is 1. The normalized spacial score (nSPS) is 10.3. The summed E-state index contributed by atoms with van der Waals surface area (Å²) in [5.41, 5.74) is 7.84. The highest BCUT2D eigenvalue weighted by Crippen LogP contribution is 2.10. The molecule has 3 N–H and O–H groups in total. The fourth-order valence-corrected chi connectivity index (χ4v) is 1.68. The molecule has 0 aliphatic rings. The van der Waals surface area contributed by atoms with Gasteiger partial charge in [0.25, 0.3) is 5.91 Å². The highest BCUT2D eigenvalue weighted by atomic mass is 16.1. The van der Waals surface area contributed by atoms with Crippen molar-refractivity contribution in [2.24, 2.45) is 0 Å². The second-order valence-corrected chi connectivity index (χ2v) is 4.05. The summed E-state index contributed by atoms with van der Waals surface area (Å²) in [6.07, 6.45) is 3.35. The topological polar surface area (TPSA) is 85.8 Å². The summed E-state index contributed by atoms with van der Waals surface area (Å²) in [6, 6.07) is 5.30. The minimum absolute atomic E-state index is 0.134. The lowest BCUT2D eigenvalue weighted by molar-refractivity contribution is 0.0952. The number of aromatic nitrogens is 3. The Kier molecular flexibility index (Phi) is 3.57. The van der Waals surface area contributed by atoms with Gasteiger partial charge in [-0.25, -0.2) is 0 Å². The van der Waals surface area contributed by atoms with Gasteiger partial charge in [-0.15, -0.1) is 5.10 Å². The minimum atomic E-state index is -0.134. The molecule has 1 aromatic heterocycles. The molecule has 0 unspecified atom stereocenters. The number of nitrogens with two attached hydrogens (primary N) is 1. The zero-order chi connectivity index (χ0) is 13.0. The Morgan fingerprint density at radius 3 is 2.94 bits per heavy atom. The van der Waals surface area contributed by atoms with Crippen LogP contribution in [-0.2, 0) is 6.54 Å². The van der Waals surface area contributed by atoms with E-state index in [0.717, 1.165) is 5.56 Å². The Labute approximate surface area is 105 Å². The van der Waals surface area contributed by atoms with Crippen molar-refractivity contribution in [1.29, 1.82) is 0 Å². The number of nitrogen functional groups attached to an aromatic ring is 1. The fourth-order valence-electron chi connectivity index (χ4n) is 1.68. The van der Waals surface area contributed by atoms with E-state index in [1.54, 1.807) is 29.2 Å². The number of nitrogens with zero attached hydrogens (tertiary/aromatic N) is 3. The van der Waals surface area contributed by atoms with E-state index in [1.807, 2.05) is 13.0 Å². The minimum Gasteiger partial charge on any atom is -0.399 e. The quantitative estimate of drug-likeness (QED) is 0.772. The summed E-state index contributed by atoms with van der Waals surface area (Å²) in [5.74, 6) is -0.134. The number of carbonyl (C=O) groups is 1. The molecular formula is C12H15N5O. The predicted molar refractivity (Wildman–Crippen MR) is 67.9 cm³/mol. The highest BCUT2D eigenvalue weighted by molar-refractivity contribution is 5.95. The first-order valence-corrected chi connectivity index (χ1v) is 5.64. The molecule has 0 fully saturated rings. The van der Waals surface area contributed by atoms with Crippen LogP contribution < -0.4 is 11.1 Å². The van der Waals surface area contributed by atoms with Crippen LogP contribution >= 0.6 is 0 Å². The first kappa shape index (κ1) is 12.1. The van der Waals surface area contributed by atoms with Crippen LogP contribution in [0.15, 0.2) is 30.6 Å². The molecule has 0 bridgehead atoms. The van der Waals surface area contributed by atoms with Crippen molar-refractivity contribution >= 4 is 11.6 Å². The van der Waals surface area contributed by atoms with E-state index < -0.39 is 0 Å². The predicted octanol–water partition coefficient (Wildman–Crippen LogP) is 0.599. The second kappa shape index (κ2) is 5.31. The van der Waals surface area contributed by atoms with Crippen molar-refractivity contribution in [2.75, 3.05) is 12.3 Å². The molecule has 0 saturated heterocycles. The summed E-state index contributed by atoms with van der Waals surface area (Å²) in [6.45, 7) is 2.99. The number of rotatable bonds is 4. The van der Waals surface area contributed by atoms with E-state index in [1.165, 1.54) is 0 Å². The molecule has 2 rings (SSSR count). The third-order valence-corrected chi connectivity index (χ3v) is 2.46. The number of carbonyl (C=O) groups excluding carboxylic acids is 1. The maximum Gasteiger partial charge on any atom is 0.251 e. The summed E-state index contributed by atoms with van der Waals surface area (Å²) in [5, 5.41) is 10.3. The van der Waals surface area contributed by atoms with Crippen LogP contribution in [0.3, 0.4) is 0 Å². The third kappa shape index (κ3) is 3.07. The van der Waals surface area contributed by atoms with Crippen LogP contribution in [0.2, 0.25) is 0 Å². The van der Waals surface area contributed by atoms with E-state index in [9.17, 15) is 4.79 Å². The second-order valence-electron chi connectivity index (χ2n) is 4.05. The monoisotopic (exact) mass is 245 g/mol. The molecule has 1 aromatic carbocycles. The molecule has 1 amide bonds. The Morgan fingerprint density at radius 1 is 1.44 bits per heavy atom.